The average molecular weight is 400 g/mol. The lowest BCUT2D eigenvalue weighted by atomic mass is 9.86. The van der Waals surface area contributed by atoms with Crippen molar-refractivity contribution in [3.05, 3.63) is 41.7 Å². The summed E-state index contributed by atoms with van der Waals surface area (Å²) in [7, 11) is 0. The largest absolute Gasteiger partial charge is 0.352 e. The van der Waals surface area contributed by atoms with Crippen molar-refractivity contribution in [2.75, 3.05) is 5.84 Å². The number of nitrogens with one attached hydrogen (secondary N) is 1. The van der Waals surface area contributed by atoms with E-state index in [1.807, 2.05) is 30.3 Å². The van der Waals surface area contributed by atoms with Gasteiger partial charge in [0.1, 0.15) is 5.25 Å². The van der Waals surface area contributed by atoms with Crippen LogP contribution in [-0.4, -0.2) is 26.8 Å². The maximum atomic E-state index is 12.8. The molecule has 0 bridgehead atoms. The number of aromatic nitrogens is 3. The van der Waals surface area contributed by atoms with Gasteiger partial charge in [0.15, 0.2) is 5.82 Å². The first-order valence-electron chi connectivity index (χ1n) is 10.4. The van der Waals surface area contributed by atoms with Gasteiger partial charge in [0.05, 0.1) is 0 Å². The minimum Gasteiger partial charge on any atom is -0.352 e. The fourth-order valence-electron chi connectivity index (χ4n) is 3.88. The second kappa shape index (κ2) is 8.99. The van der Waals surface area contributed by atoms with Crippen LogP contribution in [0.3, 0.4) is 0 Å². The smallest absolute Gasteiger partial charge is 0.238 e. The van der Waals surface area contributed by atoms with Crippen molar-refractivity contribution >= 4 is 17.7 Å². The highest BCUT2D eigenvalue weighted by atomic mass is 32.2. The Balaban J connectivity index is 1.44. The van der Waals surface area contributed by atoms with Gasteiger partial charge in [-0.2, -0.15) is 0 Å². The molecule has 6 nitrogen and oxygen atoms in total. The number of nitrogens with two attached hydrogens (primary N) is 1. The second-order valence-corrected chi connectivity index (χ2v) is 9.08. The molecule has 2 aliphatic carbocycles. The number of carbonyl (C=O) groups is 1. The summed E-state index contributed by atoms with van der Waals surface area (Å²) in [4.78, 5) is 12.8. The van der Waals surface area contributed by atoms with Crippen LogP contribution in [0, 0.1) is 5.92 Å². The first kappa shape index (κ1) is 19.3. The van der Waals surface area contributed by atoms with Gasteiger partial charge in [-0.25, -0.2) is 4.68 Å². The zero-order valence-corrected chi connectivity index (χ0v) is 17.0. The van der Waals surface area contributed by atoms with E-state index in [4.69, 9.17) is 5.84 Å². The third kappa shape index (κ3) is 4.87. The molecular formula is C21H29N5OS. The molecule has 28 heavy (non-hydrogen) atoms. The maximum Gasteiger partial charge on any atom is 0.238 e. The lowest BCUT2D eigenvalue weighted by molar-refractivity contribution is -0.120. The highest BCUT2D eigenvalue weighted by Gasteiger charge is 2.30. The molecule has 0 saturated heterocycles. The van der Waals surface area contributed by atoms with Crippen LogP contribution >= 0.6 is 11.8 Å². The summed E-state index contributed by atoms with van der Waals surface area (Å²) < 4.78 is 1.58. The van der Waals surface area contributed by atoms with E-state index in [1.54, 1.807) is 4.68 Å². The van der Waals surface area contributed by atoms with Gasteiger partial charge in [-0.05, 0) is 30.7 Å². The molecular weight excluding hydrogens is 370 g/mol. The lowest BCUT2D eigenvalue weighted by Crippen LogP contribution is -2.30. The van der Waals surface area contributed by atoms with Gasteiger partial charge in [-0.15, -0.1) is 10.2 Å². The van der Waals surface area contributed by atoms with Gasteiger partial charge >= 0.3 is 0 Å². The summed E-state index contributed by atoms with van der Waals surface area (Å²) in [6.45, 7) is 0. The molecule has 1 atom stereocenters. The van der Waals surface area contributed by atoms with Crippen molar-refractivity contribution in [2.24, 2.45) is 5.92 Å². The first-order valence-corrected chi connectivity index (χ1v) is 11.3. The summed E-state index contributed by atoms with van der Waals surface area (Å²) in [6, 6.07) is 10.1. The fourth-order valence-corrected chi connectivity index (χ4v) is 4.86. The van der Waals surface area contributed by atoms with Crippen LogP contribution in [0.5, 0.6) is 0 Å². The van der Waals surface area contributed by atoms with Gasteiger partial charge in [-0.3, -0.25) is 4.79 Å². The third-order valence-electron chi connectivity index (χ3n) is 5.72. The van der Waals surface area contributed by atoms with E-state index >= 15 is 0 Å². The Morgan fingerprint density at radius 3 is 2.61 bits per heavy atom. The van der Waals surface area contributed by atoms with Gasteiger partial charge in [-0.1, -0.05) is 74.2 Å². The first-order chi connectivity index (χ1) is 13.7. The molecule has 1 aromatic heterocycles. The molecule has 2 fully saturated rings. The lowest BCUT2D eigenvalue weighted by Gasteiger charge is -2.21. The van der Waals surface area contributed by atoms with E-state index in [2.05, 4.69) is 15.5 Å². The van der Waals surface area contributed by atoms with Gasteiger partial charge in [0.2, 0.25) is 11.1 Å². The van der Waals surface area contributed by atoms with Crippen molar-refractivity contribution in [3.8, 4) is 0 Å². The van der Waals surface area contributed by atoms with Crippen LogP contribution < -0.4 is 11.2 Å². The minimum atomic E-state index is -0.375. The van der Waals surface area contributed by atoms with Crippen LogP contribution in [0.2, 0.25) is 0 Å². The number of nitrogens with zero attached hydrogens (tertiary/aromatic N) is 3. The van der Waals surface area contributed by atoms with Gasteiger partial charge < -0.3 is 11.2 Å². The number of aryl methyl sites for hydroxylation is 1. The molecule has 2 saturated carbocycles. The van der Waals surface area contributed by atoms with E-state index in [0.717, 1.165) is 43.0 Å². The zero-order chi connectivity index (χ0) is 19.3. The summed E-state index contributed by atoms with van der Waals surface area (Å²) in [5.41, 5.74) is 0.956. The van der Waals surface area contributed by atoms with Crippen LogP contribution in [-0.2, 0) is 11.2 Å². The van der Waals surface area contributed by atoms with E-state index in [9.17, 15) is 4.79 Å². The summed E-state index contributed by atoms with van der Waals surface area (Å²) in [6.07, 6.45) is 10.8. The molecule has 0 unspecified atom stereocenters. The summed E-state index contributed by atoms with van der Waals surface area (Å²) >= 11 is 1.38. The van der Waals surface area contributed by atoms with Gasteiger partial charge in [0, 0.05) is 12.5 Å². The number of hydrogen-bond acceptors (Lipinski definition) is 5. The zero-order valence-electron chi connectivity index (χ0n) is 16.2. The van der Waals surface area contributed by atoms with Crippen molar-refractivity contribution in [1.82, 2.24) is 20.2 Å². The molecule has 1 amide bonds. The van der Waals surface area contributed by atoms with Crippen molar-refractivity contribution in [3.63, 3.8) is 0 Å². The highest BCUT2D eigenvalue weighted by molar-refractivity contribution is 8.00. The normalized spacial score (nSPS) is 18.7. The predicted molar refractivity (Wildman–Crippen MR) is 111 cm³/mol. The number of amides is 1. The Hall–Kier alpha value is -2.02. The molecule has 1 aromatic carbocycles. The Morgan fingerprint density at radius 1 is 1.14 bits per heavy atom. The fraction of sp³-hybridized carbons (Fsp3) is 0.571. The Morgan fingerprint density at radius 2 is 1.89 bits per heavy atom. The van der Waals surface area contributed by atoms with E-state index in [1.165, 1.54) is 43.9 Å². The quantitative estimate of drug-likeness (QED) is 0.523. The van der Waals surface area contributed by atoms with Gasteiger partial charge in [0.25, 0.3) is 0 Å². The molecule has 2 aromatic rings. The number of benzene rings is 1. The molecule has 0 radical (unpaired) electrons. The predicted octanol–water partition coefficient (Wildman–Crippen LogP) is 3.62. The van der Waals surface area contributed by atoms with E-state index in [-0.39, 0.29) is 11.2 Å². The number of hydrogen-bond donors (Lipinski definition) is 2. The second-order valence-electron chi connectivity index (χ2n) is 8.00. The van der Waals surface area contributed by atoms with Crippen molar-refractivity contribution < 1.29 is 4.79 Å². The van der Waals surface area contributed by atoms with E-state index < -0.39 is 0 Å². The topological polar surface area (TPSA) is 85.8 Å². The van der Waals surface area contributed by atoms with Crippen LogP contribution in [0.1, 0.15) is 68.0 Å². The van der Waals surface area contributed by atoms with Crippen molar-refractivity contribution in [2.45, 2.75) is 74.2 Å². The maximum absolute atomic E-state index is 12.8. The van der Waals surface area contributed by atoms with Crippen LogP contribution in [0.25, 0.3) is 0 Å². The summed E-state index contributed by atoms with van der Waals surface area (Å²) in [5, 5.41) is 11.9. The number of thioether (sulfide) groups is 1. The summed E-state index contributed by atoms with van der Waals surface area (Å²) in [5.74, 6) is 7.91. The Bertz CT molecular complexity index is 783. The molecule has 0 aliphatic heterocycles. The molecule has 150 valence electrons. The standard InChI is InChI=1S/C21H29N5OS/c22-26-18(14-11-15-7-3-1-4-8-15)24-25-21(26)28-19(16-9-5-2-6-10-16)20(27)23-17-12-13-17/h2,5-6,9-10,15,17,19H,1,3-4,7-8,11-14,22H2,(H,23,27)/t19-/m1/s1. The van der Waals surface area contributed by atoms with E-state index in [0.29, 0.717) is 11.2 Å². The number of nitrogen functional groups attached to an aromatic ring is 1. The average Bonchev–Trinajstić information content (AvgIpc) is 3.48. The monoisotopic (exact) mass is 399 g/mol. The molecule has 3 N–H and O–H groups in total. The number of rotatable bonds is 8. The van der Waals surface area contributed by atoms with Crippen molar-refractivity contribution in [1.29, 1.82) is 0 Å². The molecule has 2 aliphatic rings. The van der Waals surface area contributed by atoms with Crippen LogP contribution in [0.4, 0.5) is 0 Å². The highest BCUT2D eigenvalue weighted by Crippen LogP contribution is 2.35. The molecule has 1 heterocycles. The SMILES string of the molecule is Nn1c(CCC2CCCCC2)nnc1S[C@@H](C(=O)NC1CC1)c1ccccc1. The molecule has 0 spiro atoms. The third-order valence-corrected chi connectivity index (χ3v) is 6.93. The number of carbonyl (C=O) groups excluding carboxylic acids is 1. The molecule has 7 heteroatoms. The molecule has 4 rings (SSSR count). The Kier molecular flexibility index (Phi) is 6.20. The minimum absolute atomic E-state index is 0.0189. The Labute approximate surface area is 170 Å². The van der Waals surface area contributed by atoms with Crippen LogP contribution in [0.15, 0.2) is 35.5 Å².